The molecule has 0 bridgehead atoms. The maximum atomic E-state index is 12.1. The van der Waals surface area contributed by atoms with Gasteiger partial charge in [-0.25, -0.2) is 0 Å². The van der Waals surface area contributed by atoms with Crippen LogP contribution in [-0.2, 0) is 14.2 Å². The second-order valence-corrected chi connectivity index (χ2v) is 18.1. The fourth-order valence-electron chi connectivity index (χ4n) is 11.5. The Bertz CT molecular complexity index is 1110. The molecular weight excluding hydrogens is 608 g/mol. The summed E-state index contributed by atoms with van der Waals surface area (Å²) in [6, 6.07) is 0. The Kier molecular flexibility index (Phi) is 10.2. The van der Waals surface area contributed by atoms with Gasteiger partial charge >= 0.3 is 0 Å². The SMILES string of the molecule is CC(C)(O)[C@@H]1CC[C@](C)([C@H](O)CC[C@@](C)(O)[C@@H]2[C@@H](O)C[C@@H]3[C@@]2(C)CC[C@H]2C(C)(C)[C@@H](O[C@@H]4O[C@H](CO)[C@@H](O)[C@H](O)[C@H]4O)CC[C@]32C)O1. The van der Waals surface area contributed by atoms with Crippen molar-refractivity contribution >= 4 is 0 Å². The summed E-state index contributed by atoms with van der Waals surface area (Å²) in [6.07, 6.45) is -3.20. The average molecular weight is 673 g/mol. The van der Waals surface area contributed by atoms with Crippen LogP contribution >= 0.6 is 0 Å². The van der Waals surface area contributed by atoms with E-state index in [0.717, 1.165) is 19.3 Å². The van der Waals surface area contributed by atoms with Crippen LogP contribution in [0, 0.1) is 34.0 Å². The van der Waals surface area contributed by atoms with Gasteiger partial charge in [0.15, 0.2) is 6.29 Å². The number of hydrogen-bond donors (Lipinski definition) is 8. The van der Waals surface area contributed by atoms with Gasteiger partial charge in [0.2, 0.25) is 0 Å². The molecule has 0 aromatic carbocycles. The largest absolute Gasteiger partial charge is 0.394 e. The lowest BCUT2D eigenvalue weighted by Crippen LogP contribution is -2.63. The Morgan fingerprint density at radius 1 is 0.830 bits per heavy atom. The molecule has 0 amide bonds. The van der Waals surface area contributed by atoms with Gasteiger partial charge < -0.3 is 55.1 Å². The number of aliphatic hydroxyl groups is 8. The molecule has 2 heterocycles. The van der Waals surface area contributed by atoms with Crippen LogP contribution in [-0.4, -0.2) is 119 Å². The van der Waals surface area contributed by atoms with Crippen molar-refractivity contribution in [1.82, 2.24) is 0 Å². The number of aliphatic hydroxyl groups excluding tert-OH is 6. The second kappa shape index (κ2) is 12.7. The third kappa shape index (κ3) is 6.36. The molecule has 2 aliphatic heterocycles. The van der Waals surface area contributed by atoms with Crippen LogP contribution < -0.4 is 0 Å². The summed E-state index contributed by atoms with van der Waals surface area (Å²) in [5.74, 6) is -0.0314. The Balaban J connectivity index is 1.29. The van der Waals surface area contributed by atoms with Gasteiger partial charge in [0, 0.05) is 5.92 Å². The quantitative estimate of drug-likeness (QED) is 0.167. The molecule has 5 fully saturated rings. The van der Waals surface area contributed by atoms with Crippen LogP contribution in [0.5, 0.6) is 0 Å². The highest BCUT2D eigenvalue weighted by Gasteiger charge is 2.68. The van der Waals surface area contributed by atoms with Gasteiger partial charge in [-0.3, -0.25) is 0 Å². The zero-order valence-corrected chi connectivity index (χ0v) is 29.8. The van der Waals surface area contributed by atoms with Crippen molar-refractivity contribution in [2.45, 2.75) is 185 Å². The summed E-state index contributed by atoms with van der Waals surface area (Å²) in [6.45, 7) is 15.5. The summed E-state index contributed by atoms with van der Waals surface area (Å²) < 4.78 is 18.3. The van der Waals surface area contributed by atoms with Crippen molar-refractivity contribution in [1.29, 1.82) is 0 Å². The van der Waals surface area contributed by atoms with Gasteiger partial charge in [-0.1, -0.05) is 27.7 Å². The van der Waals surface area contributed by atoms with Crippen LogP contribution in [0.1, 0.15) is 113 Å². The molecule has 47 heavy (non-hydrogen) atoms. The lowest BCUT2D eigenvalue weighted by atomic mass is 9.42. The van der Waals surface area contributed by atoms with Crippen molar-refractivity contribution in [3.63, 3.8) is 0 Å². The fraction of sp³-hybridized carbons (Fsp3) is 1.00. The molecule has 0 aromatic rings. The molecule has 11 heteroatoms. The number of ether oxygens (including phenoxy) is 3. The van der Waals surface area contributed by atoms with E-state index in [1.807, 2.05) is 13.8 Å². The average Bonchev–Trinajstić information content (AvgIpc) is 3.52. The number of fused-ring (bicyclic) bond motifs is 3. The van der Waals surface area contributed by atoms with E-state index in [1.54, 1.807) is 13.8 Å². The maximum absolute atomic E-state index is 12.1. The Labute approximate surface area is 280 Å². The highest BCUT2D eigenvalue weighted by atomic mass is 16.7. The number of hydrogen-bond acceptors (Lipinski definition) is 11. The van der Waals surface area contributed by atoms with E-state index in [2.05, 4.69) is 27.7 Å². The van der Waals surface area contributed by atoms with Gasteiger partial charge in [-0.15, -0.1) is 0 Å². The zero-order valence-electron chi connectivity index (χ0n) is 29.8. The fourth-order valence-corrected chi connectivity index (χ4v) is 11.5. The summed E-state index contributed by atoms with van der Waals surface area (Å²) in [5, 5.41) is 86.4. The first kappa shape index (κ1) is 37.8. The van der Waals surface area contributed by atoms with E-state index in [9.17, 15) is 40.9 Å². The molecule has 3 aliphatic carbocycles. The molecule has 2 saturated heterocycles. The van der Waals surface area contributed by atoms with Crippen LogP contribution in [0.2, 0.25) is 0 Å². The second-order valence-electron chi connectivity index (χ2n) is 18.1. The summed E-state index contributed by atoms with van der Waals surface area (Å²) in [5.41, 5.74) is -3.89. The zero-order chi connectivity index (χ0) is 35.1. The molecule has 0 aromatic heterocycles. The number of rotatable bonds is 9. The van der Waals surface area contributed by atoms with E-state index in [4.69, 9.17) is 14.2 Å². The Hall–Kier alpha value is -0.440. The van der Waals surface area contributed by atoms with Crippen LogP contribution in [0.15, 0.2) is 0 Å². The predicted molar refractivity (Wildman–Crippen MR) is 173 cm³/mol. The molecule has 274 valence electrons. The van der Waals surface area contributed by atoms with Gasteiger partial charge in [-0.2, -0.15) is 0 Å². The highest BCUT2D eigenvalue weighted by molar-refractivity contribution is 5.17. The monoisotopic (exact) mass is 672 g/mol. The van der Waals surface area contributed by atoms with E-state index in [1.165, 1.54) is 0 Å². The maximum Gasteiger partial charge on any atom is 0.186 e. The minimum absolute atomic E-state index is 0.140. The molecule has 5 aliphatic rings. The molecule has 3 saturated carbocycles. The molecule has 0 radical (unpaired) electrons. The van der Waals surface area contributed by atoms with Gasteiger partial charge in [0.25, 0.3) is 0 Å². The predicted octanol–water partition coefficient (Wildman–Crippen LogP) is 2.01. The summed E-state index contributed by atoms with van der Waals surface area (Å²) in [4.78, 5) is 0. The standard InChI is InChI=1S/C36H64O11/c1-31(2)21-9-13-34(6)22(33(21,5)14-11-24(31)46-30-28(42)27(41)26(40)20(18-37)45-30)17-19(38)29(34)35(7,44)15-10-23(39)36(8)16-12-25(47-36)32(3,4)43/h19-30,37-44H,9-18H2,1-8H3/t19-,20+,21-,22-,23+,24-,25-,26+,27-,28+,29+,30-,33-,34+,35+,36+/m0/s1. The van der Waals surface area contributed by atoms with Crippen LogP contribution in [0.25, 0.3) is 0 Å². The van der Waals surface area contributed by atoms with Crippen molar-refractivity contribution in [3.8, 4) is 0 Å². The normalized spacial score (nSPS) is 50.4. The molecular formula is C36H64O11. The van der Waals surface area contributed by atoms with Crippen molar-refractivity contribution < 1.29 is 55.1 Å². The van der Waals surface area contributed by atoms with Crippen LogP contribution in [0.3, 0.4) is 0 Å². The molecule has 8 N–H and O–H groups in total. The van der Waals surface area contributed by atoms with Gasteiger partial charge in [0.05, 0.1) is 47.8 Å². The Morgan fingerprint density at radius 3 is 2.06 bits per heavy atom. The molecule has 0 unspecified atom stereocenters. The van der Waals surface area contributed by atoms with E-state index in [0.29, 0.717) is 38.5 Å². The van der Waals surface area contributed by atoms with E-state index >= 15 is 0 Å². The first-order chi connectivity index (χ1) is 21.5. The lowest BCUT2D eigenvalue weighted by Gasteiger charge is -2.64. The topological polar surface area (TPSA) is 190 Å². The first-order valence-electron chi connectivity index (χ1n) is 18.0. The van der Waals surface area contributed by atoms with Crippen molar-refractivity contribution in [2.24, 2.45) is 34.0 Å². The molecule has 5 rings (SSSR count). The minimum atomic E-state index is -1.50. The minimum Gasteiger partial charge on any atom is -0.394 e. The third-order valence-corrected chi connectivity index (χ3v) is 14.2. The summed E-state index contributed by atoms with van der Waals surface area (Å²) >= 11 is 0. The smallest absolute Gasteiger partial charge is 0.186 e. The Morgan fingerprint density at radius 2 is 1.47 bits per heavy atom. The molecule has 11 nitrogen and oxygen atoms in total. The van der Waals surface area contributed by atoms with E-state index in [-0.39, 0.29) is 46.2 Å². The van der Waals surface area contributed by atoms with Gasteiger partial charge in [0.1, 0.15) is 24.4 Å². The first-order valence-corrected chi connectivity index (χ1v) is 18.0. The summed E-state index contributed by atoms with van der Waals surface area (Å²) in [7, 11) is 0. The van der Waals surface area contributed by atoms with Crippen molar-refractivity contribution in [3.05, 3.63) is 0 Å². The van der Waals surface area contributed by atoms with Crippen LogP contribution in [0.4, 0.5) is 0 Å². The highest BCUT2D eigenvalue weighted by Crippen LogP contribution is 2.71. The third-order valence-electron chi connectivity index (χ3n) is 14.2. The lowest BCUT2D eigenvalue weighted by molar-refractivity contribution is -0.329. The van der Waals surface area contributed by atoms with Crippen molar-refractivity contribution in [2.75, 3.05) is 6.61 Å². The molecule has 0 spiro atoms. The van der Waals surface area contributed by atoms with Gasteiger partial charge in [-0.05, 0) is 114 Å². The molecule has 16 atom stereocenters. The van der Waals surface area contributed by atoms with E-state index < -0.39 is 66.3 Å².